The van der Waals surface area contributed by atoms with E-state index in [4.69, 9.17) is 0 Å². The molecule has 22 heavy (non-hydrogen) atoms. The Morgan fingerprint density at radius 1 is 1.27 bits per heavy atom. The monoisotopic (exact) mass is 414 g/mol. The minimum Gasteiger partial charge on any atom is -0.354 e. The van der Waals surface area contributed by atoms with Crippen molar-refractivity contribution >= 4 is 35.6 Å². The first-order valence-electron chi connectivity index (χ1n) is 7.62. The van der Waals surface area contributed by atoms with Gasteiger partial charge >= 0.3 is 0 Å². The summed E-state index contributed by atoms with van der Waals surface area (Å²) in [6.07, 6.45) is 8.41. The summed E-state index contributed by atoms with van der Waals surface area (Å²) in [4.78, 5) is 4.30. The molecule has 0 aliphatic heterocycles. The molecule has 0 saturated heterocycles. The zero-order valence-electron chi connectivity index (χ0n) is 12.8. The Morgan fingerprint density at radius 3 is 2.86 bits per heavy atom. The van der Waals surface area contributed by atoms with Gasteiger partial charge in [0.05, 0.1) is 6.54 Å². The molecule has 1 aliphatic carbocycles. The molecule has 2 aromatic heterocycles. The maximum atomic E-state index is 4.30. The third kappa shape index (κ3) is 4.08. The number of halogens is 1. The lowest BCUT2D eigenvalue weighted by Gasteiger charge is -2.24. The van der Waals surface area contributed by atoms with Crippen LogP contribution in [0.4, 0.5) is 0 Å². The summed E-state index contributed by atoms with van der Waals surface area (Å²) in [5, 5.41) is 15.2. The Balaban J connectivity index is 0.00000176. The van der Waals surface area contributed by atoms with Crippen molar-refractivity contribution in [2.45, 2.75) is 44.7 Å². The van der Waals surface area contributed by atoms with Crippen LogP contribution in [-0.2, 0) is 6.54 Å². The lowest BCUT2D eigenvalue weighted by atomic mass is 9.96. The van der Waals surface area contributed by atoms with Gasteiger partial charge in [0, 0.05) is 19.3 Å². The quantitative estimate of drug-likeness (QED) is 0.460. The molecular weight excluding hydrogens is 391 g/mol. The first kappa shape index (κ1) is 17.0. The Labute approximate surface area is 147 Å². The number of hydrogen-bond donors (Lipinski definition) is 2. The first-order chi connectivity index (χ1) is 10.4. The van der Waals surface area contributed by atoms with Gasteiger partial charge in [-0.15, -0.1) is 34.2 Å². The van der Waals surface area contributed by atoms with Crippen molar-refractivity contribution in [2.75, 3.05) is 7.05 Å². The van der Waals surface area contributed by atoms with E-state index in [2.05, 4.69) is 25.8 Å². The van der Waals surface area contributed by atoms with Gasteiger partial charge in [0.25, 0.3) is 0 Å². The summed E-state index contributed by atoms with van der Waals surface area (Å²) in [6.45, 7) is 0.609. The number of pyridine rings is 1. The number of nitrogens with one attached hydrogen (secondary N) is 2. The van der Waals surface area contributed by atoms with Gasteiger partial charge in [0.15, 0.2) is 17.4 Å². The van der Waals surface area contributed by atoms with E-state index >= 15 is 0 Å². The number of guanidine groups is 1. The minimum atomic E-state index is 0. The average molecular weight is 414 g/mol. The highest BCUT2D eigenvalue weighted by molar-refractivity contribution is 14.0. The van der Waals surface area contributed by atoms with E-state index in [-0.39, 0.29) is 24.0 Å². The van der Waals surface area contributed by atoms with Crippen molar-refractivity contribution in [3.8, 4) is 0 Å². The molecular formula is C15H23IN6. The second-order valence-electron chi connectivity index (χ2n) is 5.45. The Hall–Kier alpha value is -1.38. The van der Waals surface area contributed by atoms with Crippen LogP contribution in [0.3, 0.4) is 0 Å². The van der Waals surface area contributed by atoms with E-state index in [0.29, 0.717) is 12.6 Å². The summed E-state index contributed by atoms with van der Waals surface area (Å²) in [7, 11) is 1.81. The van der Waals surface area contributed by atoms with Crippen molar-refractivity contribution in [3.05, 3.63) is 30.2 Å². The molecule has 2 heterocycles. The maximum Gasteiger partial charge on any atom is 0.191 e. The van der Waals surface area contributed by atoms with Crippen LogP contribution < -0.4 is 10.6 Å². The topological polar surface area (TPSA) is 66.6 Å². The molecule has 0 atom stereocenters. The van der Waals surface area contributed by atoms with Crippen LogP contribution in [-0.4, -0.2) is 33.6 Å². The van der Waals surface area contributed by atoms with Crippen LogP contribution >= 0.6 is 24.0 Å². The average Bonchev–Trinajstić information content (AvgIpc) is 2.96. The molecule has 7 heteroatoms. The van der Waals surface area contributed by atoms with Gasteiger partial charge in [-0.3, -0.25) is 9.39 Å². The number of rotatable bonds is 3. The second kappa shape index (κ2) is 8.30. The van der Waals surface area contributed by atoms with Crippen LogP contribution in [0.1, 0.15) is 37.9 Å². The third-order valence-electron chi connectivity index (χ3n) is 3.97. The fourth-order valence-electron chi connectivity index (χ4n) is 2.81. The van der Waals surface area contributed by atoms with Gasteiger partial charge in [0.1, 0.15) is 0 Å². The number of fused-ring (bicyclic) bond motifs is 1. The van der Waals surface area contributed by atoms with Crippen molar-refractivity contribution in [1.29, 1.82) is 0 Å². The Morgan fingerprint density at radius 2 is 2.09 bits per heavy atom. The van der Waals surface area contributed by atoms with Crippen molar-refractivity contribution in [2.24, 2.45) is 4.99 Å². The van der Waals surface area contributed by atoms with Crippen LogP contribution in [0.15, 0.2) is 29.4 Å². The fourth-order valence-corrected chi connectivity index (χ4v) is 2.81. The maximum absolute atomic E-state index is 4.30. The molecule has 0 bridgehead atoms. The number of aliphatic imine (C=N–C) groups is 1. The van der Waals surface area contributed by atoms with Gasteiger partial charge < -0.3 is 10.6 Å². The lowest BCUT2D eigenvalue weighted by molar-refractivity contribution is 0.410. The van der Waals surface area contributed by atoms with E-state index in [0.717, 1.165) is 17.4 Å². The van der Waals surface area contributed by atoms with Crippen molar-refractivity contribution in [1.82, 2.24) is 25.2 Å². The van der Waals surface area contributed by atoms with Crippen molar-refractivity contribution < 1.29 is 0 Å². The van der Waals surface area contributed by atoms with E-state index in [1.807, 2.05) is 28.8 Å². The summed E-state index contributed by atoms with van der Waals surface area (Å²) >= 11 is 0. The van der Waals surface area contributed by atoms with Crippen LogP contribution in [0.5, 0.6) is 0 Å². The summed E-state index contributed by atoms with van der Waals surface area (Å²) in [5.41, 5.74) is 0.865. The highest BCUT2D eigenvalue weighted by atomic mass is 127. The van der Waals surface area contributed by atoms with Crippen LogP contribution in [0.2, 0.25) is 0 Å². The molecule has 1 fully saturated rings. The van der Waals surface area contributed by atoms with Gasteiger partial charge in [-0.05, 0) is 25.0 Å². The van der Waals surface area contributed by atoms with E-state index in [9.17, 15) is 0 Å². The van der Waals surface area contributed by atoms with Gasteiger partial charge in [0.2, 0.25) is 0 Å². The molecule has 0 aromatic carbocycles. The number of aromatic nitrogens is 3. The van der Waals surface area contributed by atoms with E-state index < -0.39 is 0 Å². The molecule has 1 aliphatic rings. The second-order valence-corrected chi connectivity index (χ2v) is 5.45. The molecule has 0 unspecified atom stereocenters. The molecule has 120 valence electrons. The zero-order valence-corrected chi connectivity index (χ0v) is 15.2. The summed E-state index contributed by atoms with van der Waals surface area (Å²) < 4.78 is 1.99. The predicted octanol–water partition coefficient (Wildman–Crippen LogP) is 2.35. The Kier molecular flexibility index (Phi) is 6.41. The third-order valence-corrected chi connectivity index (χ3v) is 3.97. The normalized spacial score (nSPS) is 16.3. The minimum absolute atomic E-state index is 0. The first-order valence-corrected chi connectivity index (χ1v) is 7.62. The molecule has 6 nitrogen and oxygen atoms in total. The molecule has 1 saturated carbocycles. The smallest absolute Gasteiger partial charge is 0.191 e. The van der Waals surface area contributed by atoms with Gasteiger partial charge in [-0.2, -0.15) is 0 Å². The van der Waals surface area contributed by atoms with Crippen molar-refractivity contribution in [3.63, 3.8) is 0 Å². The zero-order chi connectivity index (χ0) is 14.5. The number of hydrogen-bond acceptors (Lipinski definition) is 3. The van der Waals surface area contributed by atoms with Gasteiger partial charge in [-0.25, -0.2) is 0 Å². The van der Waals surface area contributed by atoms with E-state index in [1.165, 1.54) is 32.1 Å². The SMILES string of the molecule is CN=C(NCc1nnc2ccccn12)NC1CCCCC1.I. The highest BCUT2D eigenvalue weighted by Crippen LogP contribution is 2.17. The standard InChI is InChI=1S/C15H22N6.HI/c1-16-15(18-12-7-3-2-4-8-12)17-11-14-20-19-13-9-5-6-10-21(13)14;/h5-6,9-10,12H,2-4,7-8,11H2,1H3,(H2,16,17,18);1H. The summed E-state index contributed by atoms with van der Waals surface area (Å²) in [5.74, 6) is 1.73. The van der Waals surface area contributed by atoms with E-state index in [1.54, 1.807) is 7.05 Å². The lowest BCUT2D eigenvalue weighted by Crippen LogP contribution is -2.44. The fraction of sp³-hybridized carbons (Fsp3) is 0.533. The molecule has 3 rings (SSSR count). The molecule has 2 N–H and O–H groups in total. The van der Waals surface area contributed by atoms with Gasteiger partial charge in [-0.1, -0.05) is 25.3 Å². The van der Waals surface area contributed by atoms with Crippen LogP contribution in [0.25, 0.3) is 5.65 Å². The largest absolute Gasteiger partial charge is 0.354 e. The van der Waals surface area contributed by atoms with Crippen LogP contribution in [0, 0.1) is 0 Å². The molecule has 0 spiro atoms. The predicted molar refractivity (Wildman–Crippen MR) is 98.6 cm³/mol. The molecule has 0 radical (unpaired) electrons. The highest BCUT2D eigenvalue weighted by Gasteiger charge is 2.14. The Bertz CT molecular complexity index is 617. The molecule has 2 aromatic rings. The summed E-state index contributed by atoms with van der Waals surface area (Å²) in [6, 6.07) is 6.44. The molecule has 0 amide bonds. The number of nitrogens with zero attached hydrogens (tertiary/aromatic N) is 4.